The quantitative estimate of drug-likeness (QED) is 0.849. The maximum absolute atomic E-state index is 5.68. The van der Waals surface area contributed by atoms with Gasteiger partial charge in [-0.1, -0.05) is 19.8 Å². The van der Waals surface area contributed by atoms with Gasteiger partial charge >= 0.3 is 0 Å². The fraction of sp³-hybridized carbons (Fsp3) is 0.692. The van der Waals surface area contributed by atoms with Gasteiger partial charge in [0.05, 0.1) is 0 Å². The summed E-state index contributed by atoms with van der Waals surface area (Å²) in [6.45, 7) is 4.76. The maximum Gasteiger partial charge on any atom is 0.132 e. The van der Waals surface area contributed by atoms with Crippen molar-refractivity contribution in [3.8, 4) is 0 Å². The monoisotopic (exact) mass is 219 g/mol. The van der Waals surface area contributed by atoms with Crippen molar-refractivity contribution in [2.75, 3.05) is 6.54 Å². The van der Waals surface area contributed by atoms with Crippen LogP contribution in [-0.2, 0) is 0 Å². The van der Waals surface area contributed by atoms with E-state index in [-0.39, 0.29) is 5.92 Å². The van der Waals surface area contributed by atoms with E-state index >= 15 is 0 Å². The number of hydrogen-bond donors (Lipinski definition) is 1. The number of rotatable bonds is 3. The Morgan fingerprint density at radius 3 is 2.69 bits per heavy atom. The van der Waals surface area contributed by atoms with Crippen LogP contribution in [0.1, 0.15) is 61.7 Å². The molecule has 1 heterocycles. The van der Waals surface area contributed by atoms with Gasteiger partial charge in [-0.2, -0.15) is 0 Å². The number of aromatic nitrogens is 2. The van der Waals surface area contributed by atoms with Gasteiger partial charge in [-0.15, -0.1) is 0 Å². The summed E-state index contributed by atoms with van der Waals surface area (Å²) in [6.07, 6.45) is 5.25. The molecule has 1 unspecified atom stereocenters. The highest BCUT2D eigenvalue weighted by Crippen LogP contribution is 2.33. The molecular formula is C13H21N3. The predicted octanol–water partition coefficient (Wildman–Crippen LogP) is 2.50. The van der Waals surface area contributed by atoms with Crippen molar-refractivity contribution in [1.82, 2.24) is 9.97 Å². The minimum Gasteiger partial charge on any atom is -0.330 e. The van der Waals surface area contributed by atoms with Crippen LogP contribution in [0, 0.1) is 6.92 Å². The van der Waals surface area contributed by atoms with E-state index in [0.717, 1.165) is 11.5 Å². The smallest absolute Gasteiger partial charge is 0.132 e. The number of hydrogen-bond acceptors (Lipinski definition) is 3. The molecule has 1 aliphatic carbocycles. The first kappa shape index (κ1) is 11.5. The highest BCUT2D eigenvalue weighted by atomic mass is 14.9. The van der Waals surface area contributed by atoms with E-state index in [1.54, 1.807) is 0 Å². The van der Waals surface area contributed by atoms with E-state index in [2.05, 4.69) is 18.0 Å². The second-order valence-corrected chi connectivity index (χ2v) is 4.91. The van der Waals surface area contributed by atoms with Crippen molar-refractivity contribution >= 4 is 0 Å². The minimum absolute atomic E-state index is 0.264. The Balaban J connectivity index is 2.27. The summed E-state index contributed by atoms with van der Waals surface area (Å²) in [4.78, 5) is 9.18. The minimum atomic E-state index is 0.264. The third-order valence-electron chi connectivity index (χ3n) is 3.46. The highest BCUT2D eigenvalue weighted by Gasteiger charge is 2.20. The molecule has 2 N–H and O–H groups in total. The summed E-state index contributed by atoms with van der Waals surface area (Å²) in [5.41, 5.74) is 7.99. The molecule has 0 amide bonds. The van der Waals surface area contributed by atoms with E-state index in [1.807, 2.05) is 6.92 Å². The molecule has 3 nitrogen and oxygen atoms in total. The van der Waals surface area contributed by atoms with Crippen LogP contribution in [0.25, 0.3) is 0 Å². The number of aryl methyl sites for hydroxylation is 1. The molecule has 16 heavy (non-hydrogen) atoms. The van der Waals surface area contributed by atoms with Crippen LogP contribution < -0.4 is 5.73 Å². The van der Waals surface area contributed by atoms with Crippen molar-refractivity contribution in [1.29, 1.82) is 0 Å². The average Bonchev–Trinajstić information content (AvgIpc) is 2.80. The zero-order valence-electron chi connectivity index (χ0n) is 10.2. The lowest BCUT2D eigenvalue weighted by Crippen LogP contribution is -2.14. The third-order valence-corrected chi connectivity index (χ3v) is 3.46. The van der Waals surface area contributed by atoms with Crippen molar-refractivity contribution < 1.29 is 0 Å². The van der Waals surface area contributed by atoms with Gasteiger partial charge in [-0.25, -0.2) is 9.97 Å². The molecule has 1 atom stereocenters. The van der Waals surface area contributed by atoms with Crippen molar-refractivity contribution in [2.24, 2.45) is 5.73 Å². The van der Waals surface area contributed by atoms with E-state index in [9.17, 15) is 0 Å². The first-order valence-corrected chi connectivity index (χ1v) is 6.26. The van der Waals surface area contributed by atoms with Crippen LogP contribution in [0.2, 0.25) is 0 Å². The van der Waals surface area contributed by atoms with Crippen molar-refractivity contribution in [3.63, 3.8) is 0 Å². The zero-order valence-corrected chi connectivity index (χ0v) is 10.2. The van der Waals surface area contributed by atoms with Crippen LogP contribution >= 0.6 is 0 Å². The van der Waals surface area contributed by atoms with Crippen LogP contribution in [0.15, 0.2) is 6.07 Å². The van der Waals surface area contributed by atoms with Gasteiger partial charge in [0.2, 0.25) is 0 Å². The summed E-state index contributed by atoms with van der Waals surface area (Å²) >= 11 is 0. The SMILES string of the molecule is Cc1cc(C2CCCC2)nc(C(C)CN)n1. The largest absolute Gasteiger partial charge is 0.330 e. The second-order valence-electron chi connectivity index (χ2n) is 4.91. The molecule has 1 aromatic rings. The summed E-state index contributed by atoms with van der Waals surface area (Å²) in [5, 5.41) is 0. The molecule has 88 valence electrons. The summed E-state index contributed by atoms with van der Waals surface area (Å²) < 4.78 is 0. The average molecular weight is 219 g/mol. The van der Waals surface area contributed by atoms with Crippen LogP contribution in [0.5, 0.6) is 0 Å². The maximum atomic E-state index is 5.68. The van der Waals surface area contributed by atoms with Gasteiger partial charge in [0.25, 0.3) is 0 Å². The second kappa shape index (κ2) is 4.91. The van der Waals surface area contributed by atoms with Crippen LogP contribution in [0.4, 0.5) is 0 Å². The number of nitrogens with two attached hydrogens (primary N) is 1. The fourth-order valence-corrected chi connectivity index (χ4v) is 2.37. The van der Waals surface area contributed by atoms with Crippen molar-refractivity contribution in [2.45, 2.75) is 51.4 Å². The van der Waals surface area contributed by atoms with E-state index in [1.165, 1.54) is 31.4 Å². The van der Waals surface area contributed by atoms with Gasteiger partial charge in [0, 0.05) is 29.8 Å². The molecule has 0 bridgehead atoms. The van der Waals surface area contributed by atoms with Gasteiger partial charge in [-0.3, -0.25) is 0 Å². The highest BCUT2D eigenvalue weighted by molar-refractivity contribution is 5.16. The van der Waals surface area contributed by atoms with Gasteiger partial charge in [0.1, 0.15) is 5.82 Å². The lowest BCUT2D eigenvalue weighted by atomic mass is 10.0. The first-order valence-electron chi connectivity index (χ1n) is 6.26. The molecule has 0 radical (unpaired) electrons. The third kappa shape index (κ3) is 2.40. The molecule has 0 saturated heterocycles. The Bertz CT molecular complexity index is 356. The normalized spacial score (nSPS) is 18.9. The molecule has 2 rings (SSSR count). The van der Waals surface area contributed by atoms with E-state index < -0.39 is 0 Å². The Hall–Kier alpha value is -0.960. The molecule has 1 aromatic heterocycles. The summed E-state index contributed by atoms with van der Waals surface area (Å²) in [7, 11) is 0. The summed E-state index contributed by atoms with van der Waals surface area (Å²) in [5.74, 6) is 1.84. The van der Waals surface area contributed by atoms with Gasteiger partial charge in [-0.05, 0) is 25.8 Å². The Morgan fingerprint density at radius 2 is 2.06 bits per heavy atom. The van der Waals surface area contributed by atoms with Crippen molar-refractivity contribution in [3.05, 3.63) is 23.3 Å². The molecule has 0 aromatic carbocycles. The molecule has 1 saturated carbocycles. The molecule has 1 aliphatic rings. The Morgan fingerprint density at radius 1 is 1.38 bits per heavy atom. The first-order chi connectivity index (χ1) is 7.70. The lowest BCUT2D eigenvalue weighted by Gasteiger charge is -2.13. The van der Waals surface area contributed by atoms with Gasteiger partial charge < -0.3 is 5.73 Å². The zero-order chi connectivity index (χ0) is 11.5. The molecule has 1 fully saturated rings. The van der Waals surface area contributed by atoms with Crippen LogP contribution in [0.3, 0.4) is 0 Å². The van der Waals surface area contributed by atoms with Gasteiger partial charge in [0.15, 0.2) is 0 Å². The van der Waals surface area contributed by atoms with E-state index in [0.29, 0.717) is 12.5 Å². The fourth-order valence-electron chi connectivity index (χ4n) is 2.37. The topological polar surface area (TPSA) is 51.8 Å². The molecular weight excluding hydrogens is 198 g/mol. The molecule has 3 heteroatoms. The van der Waals surface area contributed by atoms with E-state index in [4.69, 9.17) is 10.7 Å². The number of nitrogens with zero attached hydrogens (tertiary/aromatic N) is 2. The predicted molar refractivity (Wildman–Crippen MR) is 65.4 cm³/mol. The lowest BCUT2D eigenvalue weighted by molar-refractivity contribution is 0.650. The Kier molecular flexibility index (Phi) is 3.54. The molecule has 0 spiro atoms. The summed E-state index contributed by atoms with van der Waals surface area (Å²) in [6, 6.07) is 2.14. The van der Waals surface area contributed by atoms with Crippen LogP contribution in [-0.4, -0.2) is 16.5 Å². The Labute approximate surface area is 97.5 Å². The molecule has 0 aliphatic heterocycles. The standard InChI is InChI=1S/C13H21N3/c1-9(8-14)13-15-10(2)7-12(16-13)11-5-3-4-6-11/h7,9,11H,3-6,8,14H2,1-2H3.